The number of aromatic nitrogens is 2. The van der Waals surface area contributed by atoms with Gasteiger partial charge in [0.05, 0.1) is 0 Å². The summed E-state index contributed by atoms with van der Waals surface area (Å²) < 4.78 is 24.9. The minimum atomic E-state index is -3.37. The number of sulfonamides is 1. The lowest BCUT2D eigenvalue weighted by molar-refractivity contribution is -0.424. The highest BCUT2D eigenvalue weighted by Crippen LogP contribution is 2.03. The molecule has 12 heavy (non-hydrogen) atoms. The number of hydrogen-bond acceptors (Lipinski definition) is 3. The Morgan fingerprint density at radius 3 is 2.58 bits per heavy atom. The van der Waals surface area contributed by atoms with Crippen LogP contribution in [0.1, 0.15) is 5.82 Å². The van der Waals surface area contributed by atoms with Gasteiger partial charge in [0.2, 0.25) is 5.03 Å². The summed E-state index contributed by atoms with van der Waals surface area (Å²) in [5.41, 5.74) is 0. The van der Waals surface area contributed by atoms with Crippen LogP contribution in [0.4, 0.5) is 0 Å². The fourth-order valence-corrected chi connectivity index (χ4v) is 1.48. The monoisotopic (exact) mass is 189 g/mol. The van der Waals surface area contributed by atoms with E-state index in [2.05, 4.69) is 12.0 Å². The zero-order valence-corrected chi connectivity index (χ0v) is 7.80. The van der Waals surface area contributed by atoms with Gasteiger partial charge in [0.15, 0.2) is 0 Å². The van der Waals surface area contributed by atoms with Gasteiger partial charge in [-0.15, -0.1) is 7.05 Å². The Morgan fingerprint density at radius 2 is 2.25 bits per heavy atom. The van der Waals surface area contributed by atoms with E-state index in [1.807, 2.05) is 0 Å². The van der Waals surface area contributed by atoms with Crippen molar-refractivity contribution in [1.29, 1.82) is 0 Å². The quantitative estimate of drug-likeness (QED) is 0.592. The molecule has 2 N–H and O–H groups in total. The molecule has 0 unspecified atom stereocenters. The van der Waals surface area contributed by atoms with Gasteiger partial charge in [-0.25, -0.2) is 4.98 Å². The van der Waals surface area contributed by atoms with Crippen molar-refractivity contribution in [1.82, 2.24) is 9.55 Å². The SMILES string of the molecule is [CH2-][NH2+]S(=O)(=O)c1cn(C)c(C)n1. The predicted octanol–water partition coefficient (Wildman–Crippen LogP) is -1.23. The molecular formula is C6H11N3O2S. The Morgan fingerprint density at radius 1 is 1.67 bits per heavy atom. The van der Waals surface area contributed by atoms with Crippen LogP contribution < -0.4 is 4.72 Å². The van der Waals surface area contributed by atoms with Gasteiger partial charge in [0, 0.05) is 13.2 Å². The molecule has 0 radical (unpaired) electrons. The first-order valence-corrected chi connectivity index (χ1v) is 4.89. The molecule has 0 aliphatic rings. The number of imidazole rings is 1. The van der Waals surface area contributed by atoms with Crippen LogP contribution in [0, 0.1) is 14.0 Å². The van der Waals surface area contributed by atoms with Gasteiger partial charge in [-0.05, 0) is 6.92 Å². The Bertz CT molecular complexity index is 360. The van der Waals surface area contributed by atoms with E-state index in [0.717, 1.165) is 4.72 Å². The van der Waals surface area contributed by atoms with Gasteiger partial charge in [-0.3, -0.25) is 0 Å². The van der Waals surface area contributed by atoms with Crippen LogP contribution in [0.25, 0.3) is 0 Å². The topological polar surface area (TPSA) is 68.6 Å². The normalized spacial score (nSPS) is 11.9. The molecule has 0 aromatic carbocycles. The lowest BCUT2D eigenvalue weighted by atomic mass is 10.7. The van der Waals surface area contributed by atoms with Crippen molar-refractivity contribution in [3.63, 3.8) is 0 Å². The molecule has 68 valence electrons. The summed E-state index contributed by atoms with van der Waals surface area (Å²) in [6.45, 7) is 1.74. The van der Waals surface area contributed by atoms with Crippen LogP contribution in [0.15, 0.2) is 11.2 Å². The fourth-order valence-electron chi connectivity index (χ4n) is 0.749. The van der Waals surface area contributed by atoms with Crippen LogP contribution >= 0.6 is 0 Å². The third kappa shape index (κ3) is 1.49. The van der Waals surface area contributed by atoms with Gasteiger partial charge in [0.1, 0.15) is 5.82 Å². The van der Waals surface area contributed by atoms with E-state index in [-0.39, 0.29) is 5.03 Å². The first-order chi connectivity index (χ1) is 5.47. The van der Waals surface area contributed by atoms with Gasteiger partial charge >= 0.3 is 10.0 Å². The van der Waals surface area contributed by atoms with Crippen LogP contribution in [0.5, 0.6) is 0 Å². The molecule has 1 aromatic rings. The van der Waals surface area contributed by atoms with Gasteiger partial charge < -0.3 is 9.29 Å². The molecule has 5 nitrogen and oxygen atoms in total. The minimum Gasteiger partial charge on any atom is -0.366 e. The maximum Gasteiger partial charge on any atom is 0.318 e. The first-order valence-electron chi connectivity index (χ1n) is 3.35. The van der Waals surface area contributed by atoms with E-state index < -0.39 is 10.0 Å². The smallest absolute Gasteiger partial charge is 0.318 e. The highest BCUT2D eigenvalue weighted by molar-refractivity contribution is 7.84. The molecular weight excluding hydrogens is 178 g/mol. The second-order valence-electron chi connectivity index (χ2n) is 2.45. The molecule has 0 aliphatic heterocycles. The molecule has 0 fully saturated rings. The number of hydrogen-bond donors (Lipinski definition) is 1. The van der Waals surface area contributed by atoms with E-state index in [9.17, 15) is 8.42 Å². The Hall–Kier alpha value is -0.880. The third-order valence-corrected chi connectivity index (χ3v) is 2.82. The van der Waals surface area contributed by atoms with Gasteiger partial charge in [0.25, 0.3) is 0 Å². The largest absolute Gasteiger partial charge is 0.366 e. The molecule has 0 aliphatic carbocycles. The zero-order chi connectivity index (χ0) is 9.35. The maximum atomic E-state index is 11.2. The van der Waals surface area contributed by atoms with Crippen molar-refractivity contribution >= 4 is 10.0 Å². The lowest BCUT2D eigenvalue weighted by Crippen LogP contribution is -2.80. The Labute approximate surface area is 71.5 Å². The van der Waals surface area contributed by atoms with Crippen molar-refractivity contribution in [3.05, 3.63) is 19.1 Å². The van der Waals surface area contributed by atoms with E-state index in [1.165, 1.54) is 6.20 Å². The van der Waals surface area contributed by atoms with Crippen molar-refractivity contribution in [2.45, 2.75) is 11.9 Å². The summed E-state index contributed by atoms with van der Waals surface area (Å²) in [7, 11) is 1.58. The predicted molar refractivity (Wildman–Crippen MR) is 42.4 cm³/mol. The molecule has 6 heteroatoms. The van der Waals surface area contributed by atoms with Gasteiger partial charge in [-0.2, -0.15) is 8.42 Å². The van der Waals surface area contributed by atoms with Crippen LogP contribution in [0.2, 0.25) is 0 Å². The number of rotatable bonds is 2. The molecule has 0 saturated heterocycles. The standard InChI is InChI=1S/C6H11N3O2S/c1-5-8-6(4-9(5)3)12(10,11)7-2/h4H,2,7H2,1,3H3. The average molecular weight is 189 g/mol. The number of primary sulfonamides is 1. The number of aryl methyl sites for hydroxylation is 2. The van der Waals surface area contributed by atoms with E-state index in [1.54, 1.807) is 18.5 Å². The van der Waals surface area contributed by atoms with Crippen molar-refractivity contribution in [2.75, 3.05) is 0 Å². The highest BCUT2D eigenvalue weighted by Gasteiger charge is 2.16. The average Bonchev–Trinajstić information content (AvgIpc) is 2.33. The summed E-state index contributed by atoms with van der Waals surface area (Å²) in [6.07, 6.45) is 1.46. The molecule has 0 amide bonds. The van der Waals surface area contributed by atoms with Crippen molar-refractivity contribution in [3.8, 4) is 0 Å². The number of nitrogens with zero attached hydrogens (tertiary/aromatic N) is 2. The molecule has 1 aromatic heterocycles. The third-order valence-electron chi connectivity index (χ3n) is 1.60. The minimum absolute atomic E-state index is 0.0532. The molecule has 1 rings (SSSR count). The molecule has 0 saturated carbocycles. The molecule has 0 atom stereocenters. The Kier molecular flexibility index (Phi) is 2.20. The van der Waals surface area contributed by atoms with E-state index in [0.29, 0.717) is 5.82 Å². The summed E-state index contributed by atoms with van der Waals surface area (Å²) in [4.78, 5) is 3.86. The number of quaternary nitrogens is 1. The lowest BCUT2D eigenvalue weighted by Gasteiger charge is -1.96. The van der Waals surface area contributed by atoms with E-state index in [4.69, 9.17) is 0 Å². The first kappa shape index (κ1) is 9.21. The zero-order valence-electron chi connectivity index (χ0n) is 6.98. The summed E-state index contributed by atoms with van der Waals surface area (Å²) in [5, 5.41) is 0.0532. The van der Waals surface area contributed by atoms with E-state index >= 15 is 0 Å². The van der Waals surface area contributed by atoms with Crippen molar-refractivity contribution in [2.24, 2.45) is 7.05 Å². The molecule has 0 spiro atoms. The van der Waals surface area contributed by atoms with Crippen LogP contribution in [-0.4, -0.2) is 18.0 Å². The van der Waals surface area contributed by atoms with Crippen LogP contribution in [0.3, 0.4) is 0 Å². The Balaban J connectivity index is 3.22. The summed E-state index contributed by atoms with van der Waals surface area (Å²) in [5.74, 6) is 0.662. The second kappa shape index (κ2) is 2.87. The second-order valence-corrected chi connectivity index (χ2v) is 4.29. The number of nitrogens with two attached hydrogens (primary N) is 1. The molecule has 1 heterocycles. The summed E-state index contributed by atoms with van der Waals surface area (Å²) >= 11 is 0. The maximum absolute atomic E-state index is 11.2. The van der Waals surface area contributed by atoms with Crippen LogP contribution in [-0.2, 0) is 17.1 Å². The fraction of sp³-hybridized carbons (Fsp3) is 0.333. The summed E-state index contributed by atoms with van der Waals surface area (Å²) in [6, 6.07) is 0. The van der Waals surface area contributed by atoms with Crippen molar-refractivity contribution < 1.29 is 13.1 Å². The van der Waals surface area contributed by atoms with Gasteiger partial charge in [-0.1, -0.05) is 0 Å². The highest BCUT2D eigenvalue weighted by atomic mass is 32.2. The molecule has 0 bridgehead atoms.